The molecule has 1 aliphatic rings. The number of hydrogen-bond donors (Lipinski definition) is 3. The van der Waals surface area contributed by atoms with Crippen LogP contribution in [-0.4, -0.2) is 71.6 Å². The predicted molar refractivity (Wildman–Crippen MR) is 96.5 cm³/mol. The van der Waals surface area contributed by atoms with Crippen molar-refractivity contribution < 1.29 is 67.9 Å². The van der Waals surface area contributed by atoms with E-state index in [9.17, 15) is 22.8 Å². The van der Waals surface area contributed by atoms with Gasteiger partial charge in [0.2, 0.25) is 0 Å². The SMILES string of the molecule is CCCO/N=C(\C(=O)NC1C(=O)N(S(=O)(=O)O)C1C(=O)OC)c1csc(N)n1.[H-].[Na+]. The molecule has 16 heteroatoms. The van der Waals surface area contributed by atoms with E-state index < -0.39 is 40.2 Å². The van der Waals surface area contributed by atoms with Crippen molar-refractivity contribution in [3.8, 4) is 0 Å². The van der Waals surface area contributed by atoms with Gasteiger partial charge >= 0.3 is 45.8 Å². The Labute approximate surface area is 193 Å². The van der Waals surface area contributed by atoms with Gasteiger partial charge in [0.15, 0.2) is 16.9 Å². The van der Waals surface area contributed by atoms with Crippen LogP contribution >= 0.6 is 11.3 Å². The molecular weight excluding hydrogens is 441 g/mol. The molecule has 2 amide bonds. The molecule has 2 unspecified atom stereocenters. The van der Waals surface area contributed by atoms with Crippen molar-refractivity contribution in [3.63, 3.8) is 0 Å². The molecule has 0 aromatic carbocycles. The van der Waals surface area contributed by atoms with Gasteiger partial charge in [-0.1, -0.05) is 12.1 Å². The number of ether oxygens (including phenoxy) is 1. The maximum atomic E-state index is 12.6. The predicted octanol–water partition coefficient (Wildman–Crippen LogP) is -4.36. The van der Waals surface area contributed by atoms with Crippen molar-refractivity contribution in [1.82, 2.24) is 14.6 Å². The number of carbonyl (C=O) groups is 3. The Balaban J connectivity index is 0.00000420. The minimum Gasteiger partial charge on any atom is -1.00 e. The molecule has 0 radical (unpaired) electrons. The van der Waals surface area contributed by atoms with Gasteiger partial charge in [-0.15, -0.1) is 11.3 Å². The number of β-lactam (4-membered cyclic amide) rings is 1. The number of nitrogens with two attached hydrogens (primary N) is 1. The summed E-state index contributed by atoms with van der Waals surface area (Å²) in [6.07, 6.45) is 0.604. The number of carbonyl (C=O) groups excluding carboxylic acids is 3. The first-order valence-corrected chi connectivity index (χ1v) is 10.00. The number of oxime groups is 1. The Morgan fingerprint density at radius 1 is 1.52 bits per heavy atom. The zero-order valence-corrected chi connectivity index (χ0v) is 19.3. The van der Waals surface area contributed by atoms with Gasteiger partial charge in [-0.3, -0.25) is 14.1 Å². The number of nitrogens with zero attached hydrogens (tertiary/aromatic N) is 3. The molecule has 2 rings (SSSR count). The molecule has 29 heavy (non-hydrogen) atoms. The van der Waals surface area contributed by atoms with Crippen LogP contribution in [0.15, 0.2) is 10.5 Å². The second kappa shape index (κ2) is 10.3. The topological polar surface area (TPSA) is 191 Å². The first-order valence-electron chi connectivity index (χ1n) is 7.72. The van der Waals surface area contributed by atoms with E-state index in [4.69, 9.17) is 15.1 Å². The third-order valence-electron chi connectivity index (χ3n) is 3.46. The summed E-state index contributed by atoms with van der Waals surface area (Å²) < 4.78 is 36.0. The number of amides is 2. The molecule has 2 heterocycles. The van der Waals surface area contributed by atoms with Gasteiger partial charge in [0.1, 0.15) is 18.3 Å². The van der Waals surface area contributed by atoms with Crippen LogP contribution in [0.3, 0.4) is 0 Å². The van der Waals surface area contributed by atoms with Gasteiger partial charge in [0.05, 0.1) is 7.11 Å². The number of esters is 1. The minimum atomic E-state index is -5.03. The van der Waals surface area contributed by atoms with Crippen molar-refractivity contribution in [2.24, 2.45) is 5.16 Å². The second-order valence-corrected chi connectivity index (χ2v) is 7.55. The van der Waals surface area contributed by atoms with E-state index in [1.807, 2.05) is 6.92 Å². The van der Waals surface area contributed by atoms with Crippen LogP contribution in [0.25, 0.3) is 0 Å². The molecule has 1 saturated heterocycles. The molecule has 0 aliphatic carbocycles. The molecule has 4 N–H and O–H groups in total. The van der Waals surface area contributed by atoms with Crippen LogP contribution < -0.4 is 40.6 Å². The molecular formula is C13H18N5NaO8S2. The number of nitrogen functional groups attached to an aromatic ring is 1. The molecule has 0 bridgehead atoms. The molecule has 2 atom stereocenters. The minimum absolute atomic E-state index is 0. The number of hydrogen-bond acceptors (Lipinski definition) is 11. The Morgan fingerprint density at radius 2 is 2.17 bits per heavy atom. The van der Waals surface area contributed by atoms with Crippen LogP contribution in [0.4, 0.5) is 5.13 Å². The maximum Gasteiger partial charge on any atom is 1.00 e. The van der Waals surface area contributed by atoms with E-state index in [2.05, 4.69) is 20.2 Å². The van der Waals surface area contributed by atoms with Gasteiger partial charge in [-0.2, -0.15) is 12.7 Å². The van der Waals surface area contributed by atoms with E-state index in [1.54, 1.807) is 0 Å². The zero-order valence-electron chi connectivity index (χ0n) is 16.7. The van der Waals surface area contributed by atoms with Crippen LogP contribution in [0.1, 0.15) is 20.5 Å². The molecule has 13 nitrogen and oxygen atoms in total. The van der Waals surface area contributed by atoms with Gasteiger partial charge < -0.3 is 22.1 Å². The fourth-order valence-electron chi connectivity index (χ4n) is 2.22. The normalized spacial score (nSPS) is 19.1. The van der Waals surface area contributed by atoms with Crippen molar-refractivity contribution in [2.45, 2.75) is 25.4 Å². The average Bonchev–Trinajstić information content (AvgIpc) is 3.04. The van der Waals surface area contributed by atoms with Crippen molar-refractivity contribution >= 4 is 50.3 Å². The van der Waals surface area contributed by atoms with Crippen LogP contribution in [0.5, 0.6) is 0 Å². The van der Waals surface area contributed by atoms with E-state index in [-0.39, 0.29) is 58.4 Å². The zero-order chi connectivity index (χ0) is 21.1. The van der Waals surface area contributed by atoms with E-state index >= 15 is 0 Å². The van der Waals surface area contributed by atoms with Gasteiger partial charge in [-0.25, -0.2) is 9.78 Å². The quantitative estimate of drug-likeness (QED) is 0.0651. The number of rotatable bonds is 8. The fraction of sp³-hybridized carbons (Fsp3) is 0.462. The summed E-state index contributed by atoms with van der Waals surface area (Å²) in [4.78, 5) is 45.3. The monoisotopic (exact) mass is 459 g/mol. The standard InChI is InChI=1S/C13H17N5O8S2.Na.H/c1-3-4-26-17-7(6-5-27-13(14)15-6)10(19)16-8-9(12(21)25-2)18(11(8)20)28(22,23)24;;/h5,8-9H,3-4H2,1-2H3,(H2,14,15)(H,16,19)(H,22,23,24);;/q;+1;-1/b17-7-;;. The summed E-state index contributed by atoms with van der Waals surface area (Å²) in [5, 5.41) is 7.42. The smallest absolute Gasteiger partial charge is 1.00 e. The average molecular weight is 459 g/mol. The molecule has 1 aromatic rings. The molecule has 0 saturated carbocycles. The van der Waals surface area contributed by atoms with Crippen molar-refractivity contribution in [3.05, 3.63) is 11.1 Å². The van der Waals surface area contributed by atoms with E-state index in [0.717, 1.165) is 18.4 Å². The van der Waals surface area contributed by atoms with Crippen LogP contribution in [-0.2, 0) is 34.3 Å². The Kier molecular flexibility index (Phi) is 8.98. The summed E-state index contributed by atoms with van der Waals surface area (Å²) in [6.45, 7) is 2.01. The Morgan fingerprint density at radius 3 is 2.66 bits per heavy atom. The van der Waals surface area contributed by atoms with Gasteiger partial charge in [0.25, 0.3) is 11.8 Å². The first kappa shape index (κ1) is 25.3. The summed E-state index contributed by atoms with van der Waals surface area (Å²) in [5.41, 5.74) is 5.27. The van der Waals surface area contributed by atoms with Crippen LogP contribution in [0.2, 0.25) is 0 Å². The Hall–Kier alpha value is -1.78. The second-order valence-electron chi connectivity index (χ2n) is 5.38. The molecule has 0 spiro atoms. The van der Waals surface area contributed by atoms with E-state index in [0.29, 0.717) is 6.42 Å². The Bertz CT molecular complexity index is 924. The fourth-order valence-corrected chi connectivity index (χ4v) is 3.61. The number of methoxy groups -OCH3 is 1. The summed E-state index contributed by atoms with van der Waals surface area (Å²) in [7, 11) is -4.07. The van der Waals surface area contributed by atoms with E-state index in [1.165, 1.54) is 5.38 Å². The van der Waals surface area contributed by atoms with Crippen molar-refractivity contribution in [2.75, 3.05) is 19.5 Å². The first-order chi connectivity index (χ1) is 13.1. The number of anilines is 1. The summed E-state index contributed by atoms with van der Waals surface area (Å²) >= 11 is 1.03. The number of nitrogens with one attached hydrogen (secondary N) is 1. The van der Waals surface area contributed by atoms with Gasteiger partial charge in [0, 0.05) is 5.38 Å². The van der Waals surface area contributed by atoms with Crippen molar-refractivity contribution in [1.29, 1.82) is 0 Å². The third kappa shape index (κ3) is 5.64. The number of aromatic nitrogens is 1. The molecule has 156 valence electrons. The number of thiazole rings is 1. The molecule has 1 fully saturated rings. The molecule has 1 aliphatic heterocycles. The van der Waals surface area contributed by atoms with Crippen LogP contribution in [0, 0.1) is 0 Å². The largest absolute Gasteiger partial charge is 1.00 e. The van der Waals surface area contributed by atoms with Gasteiger partial charge in [-0.05, 0) is 6.42 Å². The maximum absolute atomic E-state index is 12.6. The summed E-state index contributed by atoms with van der Waals surface area (Å²) in [5.74, 6) is -3.34. The molecule has 1 aromatic heterocycles. The summed E-state index contributed by atoms with van der Waals surface area (Å²) in [6, 6.07) is -3.37. The third-order valence-corrected chi connectivity index (χ3v) is 5.04.